The number of benzene rings is 3. The van der Waals surface area contributed by atoms with Gasteiger partial charge in [-0.1, -0.05) is 42.5 Å². The molecule has 3 rings (SSSR count). The minimum absolute atomic E-state index is 0.000274. The van der Waals surface area contributed by atoms with Gasteiger partial charge in [0.05, 0.1) is 10.6 Å². The third kappa shape index (κ3) is 5.91. The van der Waals surface area contributed by atoms with E-state index >= 15 is 0 Å². The minimum Gasteiger partial charge on any atom is -0.357 e. The molecule has 0 spiro atoms. The monoisotopic (exact) mass is 511 g/mol. The summed E-state index contributed by atoms with van der Waals surface area (Å²) >= 11 is 0. The molecule has 0 aliphatic rings. The molecule has 0 aliphatic heterocycles. The molecule has 0 aliphatic carbocycles. The summed E-state index contributed by atoms with van der Waals surface area (Å²) in [6, 6.07) is 17.8. The fourth-order valence-electron chi connectivity index (χ4n) is 3.82. The van der Waals surface area contributed by atoms with Crippen LogP contribution in [0.3, 0.4) is 0 Å². The molecule has 0 saturated heterocycles. The highest BCUT2D eigenvalue weighted by Gasteiger charge is 2.33. The SMILES string of the molecule is CNC(=O)[C@H](C)N(Cc1ccc(F)cc1)C(=O)CN(c1cccc(C)c1C)S(=O)(=O)c1ccccc1. The molecular formula is C27H30FN3O4S. The van der Waals surface area contributed by atoms with Crippen molar-refractivity contribution in [2.75, 3.05) is 17.9 Å². The van der Waals surface area contributed by atoms with E-state index in [-0.39, 0.29) is 11.4 Å². The standard InChI is InChI=1S/C27H30FN3O4S/c1-19-9-8-12-25(20(19)2)31(36(34,35)24-10-6-5-7-11-24)18-26(32)30(21(3)27(33)29-4)17-22-13-15-23(28)16-14-22/h5-16,21H,17-18H2,1-4H3,(H,29,33)/t21-/m0/s1. The number of carbonyl (C=O) groups is 2. The lowest BCUT2D eigenvalue weighted by Crippen LogP contribution is -2.50. The molecular weight excluding hydrogens is 481 g/mol. The lowest BCUT2D eigenvalue weighted by molar-refractivity contribution is -0.139. The second-order valence-electron chi connectivity index (χ2n) is 8.48. The first-order valence-electron chi connectivity index (χ1n) is 11.5. The third-order valence-electron chi connectivity index (χ3n) is 6.13. The van der Waals surface area contributed by atoms with Crippen LogP contribution in [0.1, 0.15) is 23.6 Å². The maximum Gasteiger partial charge on any atom is 0.264 e. The summed E-state index contributed by atoms with van der Waals surface area (Å²) < 4.78 is 42.0. The molecule has 190 valence electrons. The molecule has 0 radical (unpaired) electrons. The quantitative estimate of drug-likeness (QED) is 0.474. The zero-order chi connectivity index (χ0) is 26.5. The Morgan fingerprint density at radius 1 is 0.944 bits per heavy atom. The molecule has 2 amide bonds. The van der Waals surface area contributed by atoms with E-state index in [1.54, 1.807) is 44.2 Å². The van der Waals surface area contributed by atoms with Crippen LogP contribution in [-0.2, 0) is 26.2 Å². The molecule has 9 heteroatoms. The van der Waals surface area contributed by atoms with Crippen molar-refractivity contribution in [2.24, 2.45) is 0 Å². The Morgan fingerprint density at radius 3 is 2.19 bits per heavy atom. The molecule has 36 heavy (non-hydrogen) atoms. The van der Waals surface area contributed by atoms with Gasteiger partial charge in [0.15, 0.2) is 0 Å². The molecule has 0 unspecified atom stereocenters. The molecule has 1 N–H and O–H groups in total. The number of sulfonamides is 1. The summed E-state index contributed by atoms with van der Waals surface area (Å²) in [4.78, 5) is 27.5. The van der Waals surface area contributed by atoms with Crippen LogP contribution in [0.25, 0.3) is 0 Å². The van der Waals surface area contributed by atoms with Crippen LogP contribution in [0.2, 0.25) is 0 Å². The van der Waals surface area contributed by atoms with E-state index in [0.717, 1.165) is 9.87 Å². The number of amides is 2. The van der Waals surface area contributed by atoms with Crippen molar-refractivity contribution in [1.82, 2.24) is 10.2 Å². The Kier molecular flexibility index (Phi) is 8.47. The summed E-state index contributed by atoms with van der Waals surface area (Å²) in [5.74, 6) is -1.41. The number of anilines is 1. The van der Waals surface area contributed by atoms with E-state index < -0.39 is 40.2 Å². The van der Waals surface area contributed by atoms with Gasteiger partial charge in [0.2, 0.25) is 11.8 Å². The van der Waals surface area contributed by atoms with Crippen LogP contribution in [0.15, 0.2) is 77.7 Å². The van der Waals surface area contributed by atoms with Crippen LogP contribution in [0, 0.1) is 19.7 Å². The van der Waals surface area contributed by atoms with E-state index in [1.807, 2.05) is 13.0 Å². The van der Waals surface area contributed by atoms with Crippen molar-refractivity contribution in [2.45, 2.75) is 38.3 Å². The number of nitrogens with one attached hydrogen (secondary N) is 1. The molecule has 0 saturated carbocycles. The Balaban J connectivity index is 2.06. The second kappa shape index (κ2) is 11.3. The van der Waals surface area contributed by atoms with Gasteiger partial charge in [0.25, 0.3) is 10.0 Å². The molecule has 7 nitrogen and oxygen atoms in total. The van der Waals surface area contributed by atoms with E-state index in [2.05, 4.69) is 5.32 Å². The largest absolute Gasteiger partial charge is 0.357 e. The normalized spacial score (nSPS) is 12.0. The molecule has 3 aromatic rings. The van der Waals surface area contributed by atoms with Gasteiger partial charge in [-0.05, 0) is 67.8 Å². The lowest BCUT2D eigenvalue weighted by atomic mass is 10.1. The number of hydrogen-bond acceptors (Lipinski definition) is 4. The number of aryl methyl sites for hydroxylation is 1. The van der Waals surface area contributed by atoms with E-state index in [4.69, 9.17) is 0 Å². The fraction of sp³-hybridized carbons (Fsp3) is 0.259. The van der Waals surface area contributed by atoms with Crippen LogP contribution >= 0.6 is 0 Å². The van der Waals surface area contributed by atoms with Crippen molar-refractivity contribution < 1.29 is 22.4 Å². The number of carbonyl (C=O) groups excluding carboxylic acids is 2. The minimum atomic E-state index is -4.12. The van der Waals surface area contributed by atoms with E-state index in [9.17, 15) is 22.4 Å². The number of likely N-dealkylation sites (N-methyl/N-ethyl adjacent to an activating group) is 1. The first-order chi connectivity index (χ1) is 17.1. The third-order valence-corrected chi connectivity index (χ3v) is 7.91. The van der Waals surface area contributed by atoms with Crippen LogP contribution < -0.4 is 9.62 Å². The van der Waals surface area contributed by atoms with E-state index in [0.29, 0.717) is 16.8 Å². The van der Waals surface area contributed by atoms with Gasteiger partial charge in [-0.3, -0.25) is 13.9 Å². The zero-order valence-corrected chi connectivity index (χ0v) is 21.5. The molecule has 1 atom stereocenters. The molecule has 0 aromatic heterocycles. The summed E-state index contributed by atoms with van der Waals surface area (Å²) in [7, 11) is -2.66. The average Bonchev–Trinajstić information content (AvgIpc) is 2.88. The topological polar surface area (TPSA) is 86.8 Å². The van der Waals surface area contributed by atoms with Gasteiger partial charge in [0, 0.05) is 13.6 Å². The summed E-state index contributed by atoms with van der Waals surface area (Å²) in [6.45, 7) is 4.70. The average molecular weight is 512 g/mol. The number of halogens is 1. The van der Waals surface area contributed by atoms with Crippen LogP contribution in [0.5, 0.6) is 0 Å². The first-order valence-corrected chi connectivity index (χ1v) is 12.9. The Bertz CT molecular complexity index is 1330. The van der Waals surface area contributed by atoms with Gasteiger partial charge in [-0.2, -0.15) is 0 Å². The molecule has 0 bridgehead atoms. The number of hydrogen-bond donors (Lipinski definition) is 1. The summed E-state index contributed by atoms with van der Waals surface area (Å²) in [5.41, 5.74) is 2.57. The smallest absolute Gasteiger partial charge is 0.264 e. The van der Waals surface area contributed by atoms with Crippen molar-refractivity contribution in [3.05, 3.63) is 95.3 Å². The van der Waals surface area contributed by atoms with Gasteiger partial charge >= 0.3 is 0 Å². The number of rotatable bonds is 9. The van der Waals surface area contributed by atoms with E-state index in [1.165, 1.54) is 48.3 Å². The Labute approximate surface area is 211 Å². The summed E-state index contributed by atoms with van der Waals surface area (Å²) in [6.07, 6.45) is 0. The van der Waals surface area contributed by atoms with Crippen LogP contribution in [-0.4, -0.2) is 44.8 Å². The van der Waals surface area contributed by atoms with Gasteiger partial charge < -0.3 is 10.2 Å². The predicted octanol–water partition coefficient (Wildman–Crippen LogP) is 3.80. The second-order valence-corrected chi connectivity index (χ2v) is 10.3. The molecule has 0 fully saturated rings. The number of nitrogens with zero attached hydrogens (tertiary/aromatic N) is 2. The highest BCUT2D eigenvalue weighted by Crippen LogP contribution is 2.29. The van der Waals surface area contributed by atoms with Crippen molar-refractivity contribution in [3.63, 3.8) is 0 Å². The predicted molar refractivity (Wildman–Crippen MR) is 137 cm³/mol. The highest BCUT2D eigenvalue weighted by molar-refractivity contribution is 7.92. The first kappa shape index (κ1) is 26.9. The van der Waals surface area contributed by atoms with Crippen molar-refractivity contribution in [1.29, 1.82) is 0 Å². The Hall–Kier alpha value is -3.72. The summed E-state index contributed by atoms with van der Waals surface area (Å²) in [5, 5.41) is 2.53. The van der Waals surface area contributed by atoms with Gasteiger partial charge in [-0.25, -0.2) is 12.8 Å². The molecule has 0 heterocycles. The maximum atomic E-state index is 13.7. The van der Waals surface area contributed by atoms with Gasteiger partial charge in [-0.15, -0.1) is 0 Å². The highest BCUT2D eigenvalue weighted by atomic mass is 32.2. The lowest BCUT2D eigenvalue weighted by Gasteiger charge is -2.32. The maximum absolute atomic E-state index is 13.7. The van der Waals surface area contributed by atoms with Crippen molar-refractivity contribution >= 4 is 27.5 Å². The van der Waals surface area contributed by atoms with Crippen LogP contribution in [0.4, 0.5) is 10.1 Å². The Morgan fingerprint density at radius 2 is 1.58 bits per heavy atom. The van der Waals surface area contributed by atoms with Gasteiger partial charge in [0.1, 0.15) is 18.4 Å². The zero-order valence-electron chi connectivity index (χ0n) is 20.7. The molecule has 3 aromatic carbocycles. The fourth-order valence-corrected chi connectivity index (χ4v) is 5.31. The van der Waals surface area contributed by atoms with Crippen molar-refractivity contribution in [3.8, 4) is 0 Å².